The Hall–Kier alpha value is -1.39. The number of halogens is 2. The van der Waals surface area contributed by atoms with E-state index >= 15 is 0 Å². The first-order valence-electron chi connectivity index (χ1n) is 11.5. The van der Waals surface area contributed by atoms with Gasteiger partial charge < -0.3 is 9.64 Å². The highest BCUT2D eigenvalue weighted by atomic mass is 35.5. The Labute approximate surface area is 214 Å². The maximum Gasteiger partial charge on any atom is 0.275 e. The SMILES string of the molecule is Cc1nc(C)c(S(=O)(=O)NC(=O)C2CCC(N3CCC(Oc4ccc(Cl)c(Cl)c4)CC3)CC2)s1. The number of piperidine rings is 1. The van der Waals surface area contributed by atoms with Gasteiger partial charge in [-0.15, -0.1) is 11.3 Å². The summed E-state index contributed by atoms with van der Waals surface area (Å²) in [5.41, 5.74) is 0.429. The summed E-state index contributed by atoms with van der Waals surface area (Å²) >= 11 is 13.1. The Kier molecular flexibility index (Phi) is 8.09. The number of carbonyl (C=O) groups excluding carboxylic acids is 1. The van der Waals surface area contributed by atoms with Crippen LogP contribution in [-0.4, -0.2) is 49.4 Å². The molecule has 1 aromatic carbocycles. The van der Waals surface area contributed by atoms with Crippen molar-refractivity contribution in [1.82, 2.24) is 14.6 Å². The van der Waals surface area contributed by atoms with Gasteiger partial charge in [0.25, 0.3) is 10.0 Å². The van der Waals surface area contributed by atoms with Crippen LogP contribution in [0.3, 0.4) is 0 Å². The standard InChI is InChI=1S/C23H29Cl2N3O4S2/c1-14-23(33-15(2)26-14)34(30,31)27-22(29)16-3-5-17(6-4-16)28-11-9-18(10-12-28)32-19-7-8-20(24)21(25)13-19/h7-8,13,16-18H,3-6,9-12H2,1-2H3,(H,27,29). The number of thiazole rings is 1. The number of nitrogens with one attached hydrogen (secondary N) is 1. The van der Waals surface area contributed by atoms with Gasteiger partial charge in [-0.3, -0.25) is 4.79 Å². The zero-order valence-electron chi connectivity index (χ0n) is 19.2. The summed E-state index contributed by atoms with van der Waals surface area (Å²) in [7, 11) is -3.87. The molecule has 1 amide bonds. The molecular weight excluding hydrogens is 517 g/mol. The predicted molar refractivity (Wildman–Crippen MR) is 134 cm³/mol. The molecule has 0 spiro atoms. The molecule has 1 aliphatic heterocycles. The van der Waals surface area contributed by atoms with E-state index in [1.54, 1.807) is 26.0 Å². The van der Waals surface area contributed by atoms with Crippen LogP contribution in [0.2, 0.25) is 10.0 Å². The summed E-state index contributed by atoms with van der Waals surface area (Å²) < 4.78 is 33.8. The Bertz CT molecular complexity index is 1140. The number of likely N-dealkylation sites (tertiary alicyclic amines) is 1. The van der Waals surface area contributed by atoms with Gasteiger partial charge in [-0.1, -0.05) is 23.2 Å². The molecule has 2 aliphatic rings. The molecule has 0 atom stereocenters. The van der Waals surface area contributed by atoms with Crippen molar-refractivity contribution in [3.63, 3.8) is 0 Å². The molecule has 2 aromatic rings. The van der Waals surface area contributed by atoms with Gasteiger partial charge in [0.1, 0.15) is 11.9 Å². The van der Waals surface area contributed by atoms with E-state index in [0.29, 0.717) is 39.6 Å². The molecule has 1 saturated carbocycles. The number of aromatic nitrogens is 1. The van der Waals surface area contributed by atoms with Crippen molar-refractivity contribution < 1.29 is 17.9 Å². The molecule has 11 heteroatoms. The van der Waals surface area contributed by atoms with Crippen LogP contribution in [0.4, 0.5) is 0 Å². The van der Waals surface area contributed by atoms with Crippen molar-refractivity contribution in [2.24, 2.45) is 5.92 Å². The molecular formula is C23H29Cl2N3O4S2. The summed E-state index contributed by atoms with van der Waals surface area (Å²) in [6.07, 6.45) is 5.13. The zero-order valence-corrected chi connectivity index (χ0v) is 22.4. The van der Waals surface area contributed by atoms with E-state index in [-0.39, 0.29) is 16.2 Å². The predicted octanol–water partition coefficient (Wildman–Crippen LogP) is 4.97. The van der Waals surface area contributed by atoms with Crippen LogP contribution < -0.4 is 9.46 Å². The second-order valence-corrected chi connectivity index (χ2v) is 12.9. The maximum atomic E-state index is 12.7. The van der Waals surface area contributed by atoms with E-state index in [4.69, 9.17) is 27.9 Å². The summed E-state index contributed by atoms with van der Waals surface area (Å²) in [6.45, 7) is 5.27. The third kappa shape index (κ3) is 6.05. The van der Waals surface area contributed by atoms with Crippen molar-refractivity contribution in [2.45, 2.75) is 68.7 Å². The molecule has 1 aliphatic carbocycles. The number of rotatable bonds is 6. The van der Waals surface area contributed by atoms with Gasteiger partial charge >= 0.3 is 0 Å². The molecule has 0 bridgehead atoms. The van der Waals surface area contributed by atoms with Gasteiger partial charge in [0.05, 0.1) is 20.7 Å². The Morgan fingerprint density at radius 3 is 2.35 bits per heavy atom. The van der Waals surface area contributed by atoms with Gasteiger partial charge in [-0.2, -0.15) is 0 Å². The minimum Gasteiger partial charge on any atom is -0.490 e. The van der Waals surface area contributed by atoms with Gasteiger partial charge in [0.15, 0.2) is 4.21 Å². The van der Waals surface area contributed by atoms with E-state index in [1.165, 1.54) is 0 Å². The first kappa shape index (κ1) is 25.7. The number of ether oxygens (including phenoxy) is 1. The molecule has 4 rings (SSSR count). The molecule has 2 fully saturated rings. The molecule has 7 nitrogen and oxygen atoms in total. The molecule has 186 valence electrons. The number of nitrogens with zero attached hydrogens (tertiary/aromatic N) is 2. The first-order valence-corrected chi connectivity index (χ1v) is 14.5. The lowest BCUT2D eigenvalue weighted by atomic mass is 9.84. The summed E-state index contributed by atoms with van der Waals surface area (Å²) in [5.74, 6) is 0.0477. The Balaban J connectivity index is 1.23. The van der Waals surface area contributed by atoms with E-state index in [9.17, 15) is 13.2 Å². The van der Waals surface area contributed by atoms with Gasteiger partial charge in [0, 0.05) is 31.1 Å². The molecule has 2 heterocycles. The van der Waals surface area contributed by atoms with Crippen molar-refractivity contribution in [3.8, 4) is 5.75 Å². The third-order valence-electron chi connectivity index (χ3n) is 6.59. The molecule has 0 radical (unpaired) electrons. The summed E-state index contributed by atoms with van der Waals surface area (Å²) in [5, 5.41) is 1.67. The van der Waals surface area contributed by atoms with Gasteiger partial charge in [-0.25, -0.2) is 18.1 Å². The number of sulfonamides is 1. The first-order chi connectivity index (χ1) is 16.1. The number of benzene rings is 1. The van der Waals surface area contributed by atoms with Crippen molar-refractivity contribution in [3.05, 3.63) is 38.9 Å². The highest BCUT2D eigenvalue weighted by molar-refractivity contribution is 7.92. The zero-order chi connectivity index (χ0) is 24.5. The monoisotopic (exact) mass is 545 g/mol. The second-order valence-electron chi connectivity index (χ2n) is 9.01. The minimum absolute atomic E-state index is 0.123. The van der Waals surface area contributed by atoms with Crippen molar-refractivity contribution >= 4 is 50.5 Å². The van der Waals surface area contributed by atoms with Gasteiger partial charge in [0.2, 0.25) is 5.91 Å². The normalized spacial score (nSPS) is 22.5. The molecule has 34 heavy (non-hydrogen) atoms. The third-order valence-corrected chi connectivity index (χ3v) is 10.4. The largest absolute Gasteiger partial charge is 0.490 e. The average Bonchev–Trinajstić information content (AvgIpc) is 3.15. The van der Waals surface area contributed by atoms with Crippen molar-refractivity contribution in [1.29, 1.82) is 0 Å². The average molecular weight is 547 g/mol. The number of carbonyl (C=O) groups is 1. The summed E-state index contributed by atoms with van der Waals surface area (Å²) in [4.78, 5) is 19.3. The minimum atomic E-state index is -3.87. The molecule has 1 aromatic heterocycles. The number of hydrogen-bond acceptors (Lipinski definition) is 7. The van der Waals surface area contributed by atoms with E-state index in [1.807, 2.05) is 6.07 Å². The van der Waals surface area contributed by atoms with Crippen LogP contribution in [-0.2, 0) is 14.8 Å². The fraction of sp³-hybridized carbons (Fsp3) is 0.565. The molecule has 0 unspecified atom stereocenters. The van der Waals surface area contributed by atoms with Crippen LogP contribution in [0, 0.1) is 19.8 Å². The lowest BCUT2D eigenvalue weighted by Gasteiger charge is -2.40. The molecule has 1 N–H and O–H groups in total. The van der Waals surface area contributed by atoms with Crippen LogP contribution in [0.1, 0.15) is 49.2 Å². The lowest BCUT2D eigenvalue weighted by Crippen LogP contribution is -2.46. The smallest absolute Gasteiger partial charge is 0.275 e. The summed E-state index contributed by atoms with van der Waals surface area (Å²) in [6, 6.07) is 5.75. The number of aryl methyl sites for hydroxylation is 2. The van der Waals surface area contributed by atoms with E-state index < -0.39 is 15.9 Å². The van der Waals surface area contributed by atoms with Crippen LogP contribution in [0.15, 0.2) is 22.4 Å². The van der Waals surface area contributed by atoms with E-state index in [2.05, 4.69) is 14.6 Å². The van der Waals surface area contributed by atoms with Crippen LogP contribution >= 0.6 is 34.5 Å². The highest BCUT2D eigenvalue weighted by Crippen LogP contribution is 2.32. The van der Waals surface area contributed by atoms with Crippen molar-refractivity contribution in [2.75, 3.05) is 13.1 Å². The number of amides is 1. The number of hydrogen-bond donors (Lipinski definition) is 1. The Morgan fingerprint density at radius 1 is 1.09 bits per heavy atom. The topological polar surface area (TPSA) is 88.6 Å². The van der Waals surface area contributed by atoms with Crippen LogP contribution in [0.5, 0.6) is 5.75 Å². The van der Waals surface area contributed by atoms with Gasteiger partial charge in [-0.05, 0) is 64.5 Å². The second kappa shape index (κ2) is 10.7. The van der Waals surface area contributed by atoms with E-state index in [0.717, 1.165) is 55.9 Å². The Morgan fingerprint density at radius 2 is 1.76 bits per heavy atom. The fourth-order valence-corrected chi connectivity index (χ4v) is 7.65. The maximum absolute atomic E-state index is 12.7. The lowest BCUT2D eigenvalue weighted by molar-refractivity contribution is -0.124. The van der Waals surface area contributed by atoms with Crippen LogP contribution in [0.25, 0.3) is 0 Å². The fourth-order valence-electron chi connectivity index (χ4n) is 4.83. The highest BCUT2D eigenvalue weighted by Gasteiger charge is 2.34. The molecule has 1 saturated heterocycles. The quantitative estimate of drug-likeness (QED) is 0.550.